The van der Waals surface area contributed by atoms with E-state index < -0.39 is 5.91 Å². The molecule has 132 valence electrons. The fourth-order valence-corrected chi connectivity index (χ4v) is 2.98. The zero-order valence-corrected chi connectivity index (χ0v) is 13.3. The maximum absolute atomic E-state index is 12.2. The van der Waals surface area contributed by atoms with Gasteiger partial charge in [0, 0.05) is 25.2 Å². The van der Waals surface area contributed by atoms with Crippen molar-refractivity contribution in [1.82, 2.24) is 20.3 Å². The fraction of sp³-hybridized carbons (Fsp3) is 0.467. The molecule has 10 heteroatoms. The Kier molecular flexibility index (Phi) is 3.98. The molecule has 1 fully saturated rings. The van der Waals surface area contributed by atoms with Crippen LogP contribution in [0.1, 0.15) is 23.2 Å². The van der Waals surface area contributed by atoms with Gasteiger partial charge in [-0.1, -0.05) is 0 Å². The molecule has 0 atom stereocenters. The summed E-state index contributed by atoms with van der Waals surface area (Å²) in [6.07, 6.45) is 3.75. The number of ether oxygens (including phenoxy) is 2. The zero-order valence-electron chi connectivity index (χ0n) is 13.3. The van der Waals surface area contributed by atoms with Crippen molar-refractivity contribution in [1.29, 1.82) is 0 Å². The first-order valence-electron chi connectivity index (χ1n) is 7.99. The molecule has 0 aromatic carbocycles. The lowest BCUT2D eigenvalue weighted by molar-refractivity contribution is -0.00953. The van der Waals surface area contributed by atoms with Crippen LogP contribution in [-0.2, 0) is 9.47 Å². The topological polar surface area (TPSA) is 117 Å². The predicted molar refractivity (Wildman–Crippen MR) is 82.7 cm³/mol. The molecular formula is C15H17N5O5. The van der Waals surface area contributed by atoms with Crippen LogP contribution in [0.15, 0.2) is 23.8 Å². The first-order valence-corrected chi connectivity index (χ1v) is 7.99. The van der Waals surface area contributed by atoms with Gasteiger partial charge in [-0.25, -0.2) is 20.2 Å². The normalized spacial score (nSPS) is 19.7. The Morgan fingerprint density at radius 3 is 2.52 bits per heavy atom. The summed E-state index contributed by atoms with van der Waals surface area (Å²) in [5, 5.41) is 8.58. The van der Waals surface area contributed by atoms with Crippen LogP contribution in [0.25, 0.3) is 0 Å². The first kappa shape index (κ1) is 15.8. The van der Waals surface area contributed by atoms with E-state index in [2.05, 4.69) is 9.97 Å². The molecule has 0 saturated carbocycles. The largest absolute Gasteiger partial charge is 0.446 e. The van der Waals surface area contributed by atoms with Crippen molar-refractivity contribution in [2.24, 2.45) is 0 Å². The number of piperazine rings is 1. The van der Waals surface area contributed by atoms with Crippen molar-refractivity contribution in [2.75, 3.05) is 31.2 Å². The van der Waals surface area contributed by atoms with Crippen molar-refractivity contribution < 1.29 is 24.3 Å². The first-order chi connectivity index (χ1) is 12.2. The lowest BCUT2D eigenvalue weighted by Gasteiger charge is -2.49. The summed E-state index contributed by atoms with van der Waals surface area (Å²) >= 11 is 0. The molecule has 4 heterocycles. The summed E-state index contributed by atoms with van der Waals surface area (Å²) in [5.74, 6) is -0.216. The average Bonchev–Trinajstić information content (AvgIpc) is 2.63. The van der Waals surface area contributed by atoms with Gasteiger partial charge in [-0.05, 0) is 0 Å². The number of carbonyl (C=O) groups excluding carboxylic acids is 2. The third kappa shape index (κ3) is 2.79. The smallest absolute Gasteiger partial charge is 0.414 e. The molecular weight excluding hydrogens is 330 g/mol. The highest BCUT2D eigenvalue weighted by Gasteiger charge is 2.45. The molecule has 2 N–H and O–H groups in total. The third-order valence-electron chi connectivity index (χ3n) is 4.50. The molecule has 0 unspecified atom stereocenters. The van der Waals surface area contributed by atoms with E-state index in [9.17, 15) is 9.59 Å². The van der Waals surface area contributed by atoms with Crippen LogP contribution >= 0.6 is 0 Å². The second-order valence-corrected chi connectivity index (χ2v) is 5.97. The number of amides is 2. The highest BCUT2D eigenvalue weighted by atomic mass is 16.6. The van der Waals surface area contributed by atoms with E-state index in [4.69, 9.17) is 14.7 Å². The average molecular weight is 347 g/mol. The zero-order chi connectivity index (χ0) is 17.4. The number of aromatic nitrogens is 2. The molecule has 3 aliphatic rings. The van der Waals surface area contributed by atoms with E-state index in [1.165, 1.54) is 17.9 Å². The summed E-state index contributed by atoms with van der Waals surface area (Å²) < 4.78 is 10.7. The Labute approximate surface area is 143 Å². The van der Waals surface area contributed by atoms with Gasteiger partial charge >= 0.3 is 6.09 Å². The molecule has 0 bridgehead atoms. The summed E-state index contributed by atoms with van der Waals surface area (Å²) in [5.41, 5.74) is 3.58. The second-order valence-electron chi connectivity index (χ2n) is 5.97. The monoisotopic (exact) mass is 347 g/mol. The Hall–Kier alpha value is -2.72. The van der Waals surface area contributed by atoms with Crippen molar-refractivity contribution in [3.63, 3.8) is 0 Å². The van der Waals surface area contributed by atoms with Gasteiger partial charge in [0.05, 0.1) is 43.3 Å². The minimum Gasteiger partial charge on any atom is -0.446 e. The molecule has 1 saturated heterocycles. The van der Waals surface area contributed by atoms with E-state index in [0.717, 1.165) is 24.2 Å². The summed E-state index contributed by atoms with van der Waals surface area (Å²) in [4.78, 5) is 35.2. The predicted octanol–water partition coefficient (Wildman–Crippen LogP) is 0.258. The second kappa shape index (κ2) is 6.30. The lowest BCUT2D eigenvalue weighted by atomic mass is 10.0. The van der Waals surface area contributed by atoms with E-state index >= 15 is 0 Å². The van der Waals surface area contributed by atoms with Crippen LogP contribution < -0.4 is 10.4 Å². The van der Waals surface area contributed by atoms with Gasteiger partial charge in [0.2, 0.25) is 5.95 Å². The van der Waals surface area contributed by atoms with Crippen LogP contribution in [0.4, 0.5) is 10.7 Å². The highest BCUT2D eigenvalue weighted by Crippen LogP contribution is 2.38. The van der Waals surface area contributed by atoms with Gasteiger partial charge in [-0.15, -0.1) is 0 Å². The number of rotatable bonds is 3. The van der Waals surface area contributed by atoms with Gasteiger partial charge in [0.15, 0.2) is 0 Å². The summed E-state index contributed by atoms with van der Waals surface area (Å²) in [6, 6.07) is 0. The number of hydrogen-bond acceptors (Lipinski definition) is 8. The molecule has 3 aliphatic heterocycles. The highest BCUT2D eigenvalue weighted by molar-refractivity contribution is 5.92. The molecule has 10 nitrogen and oxygen atoms in total. The lowest BCUT2D eigenvalue weighted by Crippen LogP contribution is -2.58. The van der Waals surface area contributed by atoms with Crippen molar-refractivity contribution in [3.8, 4) is 0 Å². The summed E-state index contributed by atoms with van der Waals surface area (Å²) in [6.45, 7) is 2.23. The Bertz CT molecular complexity index is 728. The summed E-state index contributed by atoms with van der Waals surface area (Å²) in [7, 11) is 0. The maximum atomic E-state index is 12.2. The fourth-order valence-electron chi connectivity index (χ4n) is 2.98. The molecule has 2 amide bonds. The van der Waals surface area contributed by atoms with Gasteiger partial charge in [0.25, 0.3) is 5.91 Å². The van der Waals surface area contributed by atoms with Crippen molar-refractivity contribution in [3.05, 3.63) is 29.4 Å². The molecule has 25 heavy (non-hydrogen) atoms. The number of hydrogen-bond donors (Lipinski definition) is 2. The quantitative estimate of drug-likeness (QED) is 0.591. The standard InChI is InChI=1S/C15H17N5O5/c21-13(18-23)9-5-16-14(17-6-9)19-7-12-11(19)8-20(12)15(22)25-10-1-3-24-4-2-10/h5-6,10,23H,1-4,7-8H2,(H,18,21). The Morgan fingerprint density at radius 2 is 1.92 bits per heavy atom. The Morgan fingerprint density at radius 1 is 1.20 bits per heavy atom. The maximum Gasteiger partial charge on any atom is 0.414 e. The molecule has 0 spiro atoms. The molecule has 1 aromatic rings. The third-order valence-corrected chi connectivity index (χ3v) is 4.50. The molecule has 0 aliphatic carbocycles. The number of carbonyl (C=O) groups is 2. The SMILES string of the molecule is O=C(NO)c1cnc(N2CC3=C2CN3C(=O)OC2CCOCC2)nc1. The minimum atomic E-state index is -0.666. The minimum absolute atomic E-state index is 0.0735. The van der Waals surface area contributed by atoms with Crippen LogP contribution in [0, 0.1) is 0 Å². The van der Waals surface area contributed by atoms with E-state index in [1.807, 2.05) is 4.90 Å². The van der Waals surface area contributed by atoms with Crippen LogP contribution in [0.5, 0.6) is 0 Å². The van der Waals surface area contributed by atoms with E-state index in [0.29, 0.717) is 32.3 Å². The van der Waals surface area contributed by atoms with E-state index in [1.54, 1.807) is 4.90 Å². The molecule has 1 aromatic heterocycles. The van der Waals surface area contributed by atoms with Gasteiger partial charge in [-0.2, -0.15) is 0 Å². The molecule has 0 radical (unpaired) electrons. The van der Waals surface area contributed by atoms with Crippen molar-refractivity contribution in [2.45, 2.75) is 18.9 Å². The van der Waals surface area contributed by atoms with Crippen LogP contribution in [-0.4, -0.2) is 64.5 Å². The number of anilines is 1. The number of nitrogens with one attached hydrogen (secondary N) is 1. The van der Waals surface area contributed by atoms with Gasteiger partial charge < -0.3 is 14.4 Å². The van der Waals surface area contributed by atoms with Crippen LogP contribution in [0.3, 0.4) is 0 Å². The van der Waals surface area contributed by atoms with Gasteiger partial charge in [0.1, 0.15) is 6.10 Å². The van der Waals surface area contributed by atoms with Gasteiger partial charge in [-0.3, -0.25) is 14.9 Å². The van der Waals surface area contributed by atoms with Crippen LogP contribution in [0.2, 0.25) is 0 Å². The van der Waals surface area contributed by atoms with Crippen molar-refractivity contribution >= 4 is 17.9 Å². The molecule has 4 rings (SSSR count). The Balaban J connectivity index is 1.36. The number of hydroxylamine groups is 1. The van der Waals surface area contributed by atoms with E-state index in [-0.39, 0.29) is 17.8 Å². The number of nitrogens with zero attached hydrogens (tertiary/aromatic N) is 4.